The molecule has 3 aromatic heterocycles. The Kier molecular flexibility index (Phi) is 7.17. The van der Waals surface area contributed by atoms with Crippen LogP contribution in [0.3, 0.4) is 0 Å². The molecule has 1 fully saturated rings. The molecule has 2 aliphatic heterocycles. The Morgan fingerprint density at radius 3 is 2.67 bits per heavy atom. The van der Waals surface area contributed by atoms with Crippen LogP contribution in [-0.4, -0.2) is 44.9 Å². The van der Waals surface area contributed by atoms with Gasteiger partial charge in [-0.2, -0.15) is 0 Å². The number of carbonyl (C=O) groups is 2. The predicted octanol–water partition coefficient (Wildman–Crippen LogP) is 7.11. The number of thiophene rings is 1. The minimum absolute atomic E-state index is 0.311. The van der Waals surface area contributed by atoms with Crippen LogP contribution in [0.15, 0.2) is 73.3 Å². The number of ether oxygens (including phenoxy) is 1. The highest BCUT2D eigenvalue weighted by atomic mass is 32.1. The Balaban J connectivity index is 1.13. The number of aromatic nitrogens is 3. The lowest BCUT2D eigenvalue weighted by Gasteiger charge is -2.27. The summed E-state index contributed by atoms with van der Waals surface area (Å²) >= 11 is 1.23. The van der Waals surface area contributed by atoms with E-state index in [9.17, 15) is 9.59 Å². The maximum absolute atomic E-state index is 13.5. The number of carbonyl (C=O) groups excluding carboxylic acids is 2. The molecule has 11 heteroatoms. The summed E-state index contributed by atoms with van der Waals surface area (Å²) in [4.78, 5) is 44.9. The average Bonchev–Trinajstić information content (AvgIpc) is 3.40. The van der Waals surface area contributed by atoms with E-state index in [4.69, 9.17) is 4.74 Å². The van der Waals surface area contributed by atoms with E-state index in [0.717, 1.165) is 25.2 Å². The topological polar surface area (TPSA) is 113 Å². The molecule has 5 aromatic rings. The third-order valence-corrected chi connectivity index (χ3v) is 8.76. The number of amides is 3. The van der Waals surface area contributed by atoms with Crippen molar-refractivity contribution in [2.75, 3.05) is 28.6 Å². The van der Waals surface area contributed by atoms with Crippen LogP contribution in [0, 0.1) is 6.92 Å². The van der Waals surface area contributed by atoms with Crippen molar-refractivity contribution in [2.45, 2.75) is 32.7 Å². The summed E-state index contributed by atoms with van der Waals surface area (Å²) in [5.41, 5.74) is 3.77. The summed E-state index contributed by atoms with van der Waals surface area (Å²) in [6, 6.07) is 16.6. The van der Waals surface area contributed by atoms with Crippen molar-refractivity contribution < 1.29 is 14.3 Å². The molecule has 3 amide bonds. The highest BCUT2D eigenvalue weighted by Gasteiger charge is 2.34. The molecule has 0 saturated carbocycles. The molecule has 5 heterocycles. The molecule has 216 valence electrons. The first kappa shape index (κ1) is 27.0. The minimum atomic E-state index is -0.414. The molecule has 0 spiro atoms. The smallest absolute Gasteiger partial charge is 0.332 e. The molecular weight excluding hydrogens is 562 g/mol. The van der Waals surface area contributed by atoms with E-state index in [1.54, 1.807) is 24.5 Å². The second-order valence-corrected chi connectivity index (χ2v) is 11.7. The van der Waals surface area contributed by atoms with Gasteiger partial charge >= 0.3 is 6.03 Å². The van der Waals surface area contributed by atoms with Crippen molar-refractivity contribution >= 4 is 56.4 Å². The van der Waals surface area contributed by atoms with E-state index in [-0.39, 0.29) is 5.91 Å². The van der Waals surface area contributed by atoms with Crippen molar-refractivity contribution in [3.05, 3.63) is 89.3 Å². The van der Waals surface area contributed by atoms with Crippen LogP contribution in [0.1, 0.15) is 40.1 Å². The van der Waals surface area contributed by atoms with Crippen molar-refractivity contribution in [3.63, 3.8) is 0 Å². The molecule has 0 unspecified atom stereocenters. The summed E-state index contributed by atoms with van der Waals surface area (Å²) in [5.74, 6) is 1.38. The van der Waals surface area contributed by atoms with Gasteiger partial charge in [0.1, 0.15) is 27.5 Å². The van der Waals surface area contributed by atoms with Crippen LogP contribution in [0.25, 0.3) is 10.2 Å². The Labute approximate surface area is 252 Å². The molecule has 0 bridgehead atoms. The number of rotatable bonds is 7. The maximum Gasteiger partial charge on any atom is 0.332 e. The number of aryl methyl sites for hydroxylation is 1. The third kappa shape index (κ3) is 5.40. The van der Waals surface area contributed by atoms with Crippen molar-refractivity contribution in [1.29, 1.82) is 0 Å². The monoisotopic (exact) mass is 591 g/mol. The number of pyridine rings is 1. The fraction of sp³-hybridized carbons (Fsp3) is 0.219. The average molecular weight is 592 g/mol. The number of likely N-dealkylation sites (tertiary alicyclic amines) is 1. The number of hydrogen-bond acceptors (Lipinski definition) is 8. The van der Waals surface area contributed by atoms with E-state index in [0.29, 0.717) is 49.5 Å². The molecular formula is C32H29N7O3S. The van der Waals surface area contributed by atoms with E-state index in [2.05, 4.69) is 42.6 Å². The van der Waals surface area contributed by atoms with Gasteiger partial charge in [0.25, 0.3) is 5.91 Å². The molecule has 43 heavy (non-hydrogen) atoms. The minimum Gasteiger partial charge on any atom is -0.455 e. The summed E-state index contributed by atoms with van der Waals surface area (Å²) < 4.78 is 5.96. The standard InChI is InChI=1S/C32H29N7O3S/c1-20-16-23(11-12-25(20)42-24-6-5-13-33-17-24)39-29-26-27(37-32(39)41)28(43-31(26)35-19-34-29)30(40)36-22-9-7-21(8-10-22)18-38-14-3-2-4-15-38/h5-13,16-17,19H,2-4,14-15,18H2,1H3,(H,36,40)(H,37,41). The van der Waals surface area contributed by atoms with Gasteiger partial charge in [-0.25, -0.2) is 19.7 Å². The van der Waals surface area contributed by atoms with Crippen LogP contribution in [0.5, 0.6) is 11.5 Å². The Morgan fingerprint density at radius 1 is 1.07 bits per heavy atom. The maximum atomic E-state index is 13.5. The molecule has 2 aliphatic rings. The van der Waals surface area contributed by atoms with E-state index in [1.165, 1.54) is 47.4 Å². The fourth-order valence-corrected chi connectivity index (χ4v) is 6.53. The summed E-state index contributed by atoms with van der Waals surface area (Å²) in [6.07, 6.45) is 8.55. The Hall–Kier alpha value is -4.87. The van der Waals surface area contributed by atoms with Crippen LogP contribution in [0.4, 0.5) is 27.7 Å². The SMILES string of the molecule is Cc1cc(N2C(=O)Nc3c(C(=O)Nc4ccc(CN5CCCCC5)cc4)sc4ncnc2c34)ccc1Oc1cccnc1. The Morgan fingerprint density at radius 2 is 1.91 bits per heavy atom. The number of urea groups is 1. The van der Waals surface area contributed by atoms with Gasteiger partial charge in [-0.1, -0.05) is 18.6 Å². The van der Waals surface area contributed by atoms with Gasteiger partial charge < -0.3 is 15.4 Å². The first-order valence-electron chi connectivity index (χ1n) is 14.2. The highest BCUT2D eigenvalue weighted by molar-refractivity contribution is 7.21. The lowest BCUT2D eigenvalue weighted by Crippen LogP contribution is -2.35. The van der Waals surface area contributed by atoms with Crippen molar-refractivity contribution in [2.24, 2.45) is 0 Å². The van der Waals surface area contributed by atoms with Gasteiger partial charge in [0.05, 0.1) is 23.0 Å². The number of nitrogens with one attached hydrogen (secondary N) is 2. The van der Waals surface area contributed by atoms with Gasteiger partial charge in [-0.05, 0) is 86.4 Å². The van der Waals surface area contributed by atoms with Crippen LogP contribution >= 0.6 is 11.3 Å². The van der Waals surface area contributed by atoms with Crippen LogP contribution < -0.4 is 20.3 Å². The van der Waals surface area contributed by atoms with Gasteiger partial charge in [0.2, 0.25) is 0 Å². The van der Waals surface area contributed by atoms with Crippen molar-refractivity contribution in [3.8, 4) is 11.5 Å². The third-order valence-electron chi connectivity index (χ3n) is 7.67. The normalized spacial score (nSPS) is 14.9. The van der Waals surface area contributed by atoms with Gasteiger partial charge in [-0.15, -0.1) is 11.3 Å². The second kappa shape index (κ2) is 11.4. The lowest BCUT2D eigenvalue weighted by molar-refractivity contribution is 0.103. The summed E-state index contributed by atoms with van der Waals surface area (Å²) in [7, 11) is 0. The zero-order chi connectivity index (χ0) is 29.3. The zero-order valence-corrected chi connectivity index (χ0v) is 24.4. The first-order valence-corrected chi connectivity index (χ1v) is 15.0. The highest BCUT2D eigenvalue weighted by Crippen LogP contribution is 2.45. The largest absolute Gasteiger partial charge is 0.455 e. The van der Waals surface area contributed by atoms with E-state index < -0.39 is 6.03 Å². The molecule has 7 rings (SSSR count). The number of piperidine rings is 1. The van der Waals surface area contributed by atoms with Gasteiger partial charge in [-0.3, -0.25) is 14.7 Å². The zero-order valence-electron chi connectivity index (χ0n) is 23.5. The first-order chi connectivity index (χ1) is 21.0. The number of hydrogen-bond donors (Lipinski definition) is 2. The van der Waals surface area contributed by atoms with Crippen molar-refractivity contribution in [1.82, 2.24) is 19.9 Å². The van der Waals surface area contributed by atoms with E-state index in [1.807, 2.05) is 37.3 Å². The number of benzene rings is 2. The molecule has 0 aliphatic carbocycles. The predicted molar refractivity (Wildman–Crippen MR) is 168 cm³/mol. The molecule has 0 radical (unpaired) electrons. The van der Waals surface area contributed by atoms with Gasteiger partial charge in [0.15, 0.2) is 5.82 Å². The molecule has 10 nitrogen and oxygen atoms in total. The van der Waals surface area contributed by atoms with E-state index >= 15 is 0 Å². The number of anilines is 4. The quantitative estimate of drug-likeness (QED) is 0.207. The Bertz CT molecular complexity index is 1820. The molecule has 2 aromatic carbocycles. The lowest BCUT2D eigenvalue weighted by atomic mass is 10.1. The second-order valence-electron chi connectivity index (χ2n) is 10.7. The summed E-state index contributed by atoms with van der Waals surface area (Å²) in [5, 5.41) is 6.54. The molecule has 0 atom stereocenters. The fourth-order valence-electron chi connectivity index (χ4n) is 5.54. The van der Waals surface area contributed by atoms with Gasteiger partial charge in [0, 0.05) is 18.4 Å². The molecule has 1 saturated heterocycles. The molecule has 2 N–H and O–H groups in total. The number of nitrogens with zero attached hydrogens (tertiary/aromatic N) is 5. The van der Waals surface area contributed by atoms with Crippen LogP contribution in [0.2, 0.25) is 0 Å². The summed E-state index contributed by atoms with van der Waals surface area (Å²) in [6.45, 7) is 5.09. The van der Waals surface area contributed by atoms with Crippen LogP contribution in [-0.2, 0) is 6.54 Å².